The summed E-state index contributed by atoms with van der Waals surface area (Å²) in [6, 6.07) is 0. The summed E-state index contributed by atoms with van der Waals surface area (Å²) in [5.74, 6) is 0. The summed E-state index contributed by atoms with van der Waals surface area (Å²) in [4.78, 5) is 0. The summed E-state index contributed by atoms with van der Waals surface area (Å²) in [5.41, 5.74) is 0. The van der Waals surface area contributed by atoms with Gasteiger partial charge in [-0.05, 0) is 25.7 Å². The fourth-order valence-corrected chi connectivity index (χ4v) is 4.19. The van der Waals surface area contributed by atoms with Crippen molar-refractivity contribution in [3.8, 4) is 0 Å². The van der Waals surface area contributed by atoms with Gasteiger partial charge in [-0.15, -0.1) is 0 Å². The Bertz CT molecular complexity index is 415. The first kappa shape index (κ1) is 28.6. The third-order valence-corrected chi connectivity index (χ3v) is 6.20. The highest BCUT2D eigenvalue weighted by molar-refractivity contribution is 4.89. The quantitative estimate of drug-likeness (QED) is 0.166. The van der Waals surface area contributed by atoms with Crippen molar-refractivity contribution in [2.75, 3.05) is 19.8 Å². The Balaban J connectivity index is 1.84. The number of rotatable bonds is 21. The van der Waals surface area contributed by atoms with Crippen LogP contribution in [0.5, 0.6) is 0 Å². The van der Waals surface area contributed by atoms with Crippen LogP contribution in [-0.2, 0) is 9.47 Å². The van der Waals surface area contributed by atoms with Crippen LogP contribution in [0.2, 0.25) is 0 Å². The van der Waals surface area contributed by atoms with E-state index in [0.717, 1.165) is 19.3 Å². The summed E-state index contributed by atoms with van der Waals surface area (Å²) in [6.45, 7) is 2.55. The van der Waals surface area contributed by atoms with Crippen molar-refractivity contribution in [3.05, 3.63) is 12.2 Å². The summed E-state index contributed by atoms with van der Waals surface area (Å²) in [5, 5.41) is 28.7. The molecule has 0 saturated carbocycles. The minimum atomic E-state index is -1.01. The zero-order chi connectivity index (χ0) is 22.6. The maximum absolute atomic E-state index is 9.90. The van der Waals surface area contributed by atoms with Gasteiger partial charge in [0, 0.05) is 6.61 Å². The van der Waals surface area contributed by atoms with Gasteiger partial charge in [0.2, 0.25) is 0 Å². The van der Waals surface area contributed by atoms with Gasteiger partial charge >= 0.3 is 0 Å². The fraction of sp³-hybridized carbons (Fsp3) is 0.923. The standard InChI is InChI=1S/C26H50O5/c1-2-3-4-5-6-7-8-9-10-11-12-13-14-15-16-17-18-19-20-30-26-24(29)22-31-25(26)23(28)21-27/h16-17,23-29H,2-15,18-22H2,1H3/b17-16+/t23-,24+,25-,26-/m0/s1. The molecule has 3 N–H and O–H groups in total. The molecule has 0 aromatic rings. The lowest BCUT2D eigenvalue weighted by Crippen LogP contribution is -2.42. The smallest absolute Gasteiger partial charge is 0.114 e. The summed E-state index contributed by atoms with van der Waals surface area (Å²) < 4.78 is 11.0. The van der Waals surface area contributed by atoms with Gasteiger partial charge in [-0.1, -0.05) is 96.1 Å². The van der Waals surface area contributed by atoms with Gasteiger partial charge in [0.05, 0.1) is 13.2 Å². The molecule has 31 heavy (non-hydrogen) atoms. The summed E-state index contributed by atoms with van der Waals surface area (Å²) in [6.07, 6.45) is 22.6. The Morgan fingerprint density at radius 1 is 0.839 bits per heavy atom. The van der Waals surface area contributed by atoms with Crippen LogP contribution in [0.4, 0.5) is 0 Å². The molecule has 1 rings (SSSR count). The number of aliphatic hydroxyl groups excluding tert-OH is 3. The number of allylic oxidation sites excluding steroid dienone is 2. The van der Waals surface area contributed by atoms with Crippen molar-refractivity contribution >= 4 is 0 Å². The summed E-state index contributed by atoms with van der Waals surface area (Å²) >= 11 is 0. The first-order valence-electron chi connectivity index (χ1n) is 13.1. The predicted octanol–water partition coefficient (Wildman–Crippen LogP) is 5.30. The molecular weight excluding hydrogens is 392 g/mol. The molecule has 4 atom stereocenters. The van der Waals surface area contributed by atoms with Gasteiger partial charge < -0.3 is 24.8 Å². The molecule has 0 unspecified atom stereocenters. The number of ether oxygens (including phenoxy) is 2. The van der Waals surface area contributed by atoms with E-state index in [4.69, 9.17) is 14.6 Å². The van der Waals surface area contributed by atoms with E-state index in [-0.39, 0.29) is 13.2 Å². The molecule has 184 valence electrons. The third-order valence-electron chi connectivity index (χ3n) is 6.20. The van der Waals surface area contributed by atoms with Crippen molar-refractivity contribution in [3.63, 3.8) is 0 Å². The number of unbranched alkanes of at least 4 members (excludes halogenated alkanes) is 14. The highest BCUT2D eigenvalue weighted by Gasteiger charge is 2.40. The van der Waals surface area contributed by atoms with Crippen molar-refractivity contribution in [2.24, 2.45) is 0 Å². The maximum atomic E-state index is 9.90. The van der Waals surface area contributed by atoms with E-state index in [1.54, 1.807) is 0 Å². The van der Waals surface area contributed by atoms with Gasteiger partial charge in [-0.3, -0.25) is 0 Å². The molecular formula is C26H50O5. The molecule has 5 nitrogen and oxygen atoms in total. The Kier molecular flexibility index (Phi) is 18.6. The second-order valence-corrected chi connectivity index (χ2v) is 9.10. The van der Waals surface area contributed by atoms with Crippen LogP contribution in [0.15, 0.2) is 12.2 Å². The van der Waals surface area contributed by atoms with Crippen LogP contribution in [0, 0.1) is 0 Å². The lowest BCUT2D eigenvalue weighted by atomic mass is 10.0. The Hall–Kier alpha value is -0.460. The average Bonchev–Trinajstić information content (AvgIpc) is 3.15. The third kappa shape index (κ3) is 14.3. The highest BCUT2D eigenvalue weighted by atomic mass is 16.6. The van der Waals surface area contributed by atoms with Crippen molar-refractivity contribution in [2.45, 2.75) is 134 Å². The molecule has 5 heteroatoms. The van der Waals surface area contributed by atoms with E-state index in [0.29, 0.717) is 6.61 Å². The number of aliphatic hydroxyl groups is 3. The zero-order valence-electron chi connectivity index (χ0n) is 20.1. The molecule has 1 fully saturated rings. The van der Waals surface area contributed by atoms with Gasteiger partial charge in [0.15, 0.2) is 0 Å². The van der Waals surface area contributed by atoms with Crippen LogP contribution in [0.25, 0.3) is 0 Å². The maximum Gasteiger partial charge on any atom is 0.114 e. The van der Waals surface area contributed by atoms with Crippen LogP contribution in [0.1, 0.15) is 110 Å². The average molecular weight is 443 g/mol. The van der Waals surface area contributed by atoms with Crippen LogP contribution >= 0.6 is 0 Å². The van der Waals surface area contributed by atoms with E-state index in [2.05, 4.69) is 19.1 Å². The monoisotopic (exact) mass is 442 g/mol. The molecule has 1 aliphatic rings. The molecule has 0 spiro atoms. The fourth-order valence-electron chi connectivity index (χ4n) is 4.19. The van der Waals surface area contributed by atoms with E-state index in [9.17, 15) is 10.2 Å². The molecule has 0 aromatic carbocycles. The highest BCUT2D eigenvalue weighted by Crippen LogP contribution is 2.21. The van der Waals surface area contributed by atoms with Gasteiger partial charge in [-0.25, -0.2) is 0 Å². The number of hydrogen-bond donors (Lipinski definition) is 3. The van der Waals surface area contributed by atoms with Gasteiger partial charge in [0.1, 0.15) is 24.4 Å². The van der Waals surface area contributed by atoms with Gasteiger partial charge in [-0.2, -0.15) is 0 Å². The normalized spacial score (nSPS) is 22.5. The van der Waals surface area contributed by atoms with Crippen LogP contribution < -0.4 is 0 Å². The van der Waals surface area contributed by atoms with E-state index >= 15 is 0 Å². The SMILES string of the molecule is CCCCCCCCCCCCCCC/C=C/CCCO[C@@H]1[C@H]([C@@H](O)CO)OC[C@H]1O. The Morgan fingerprint density at radius 3 is 1.90 bits per heavy atom. The lowest BCUT2D eigenvalue weighted by Gasteiger charge is -2.23. The molecule has 1 aliphatic heterocycles. The van der Waals surface area contributed by atoms with Crippen molar-refractivity contribution in [1.29, 1.82) is 0 Å². The Labute approximate surface area is 191 Å². The topological polar surface area (TPSA) is 79.2 Å². The predicted molar refractivity (Wildman–Crippen MR) is 127 cm³/mol. The van der Waals surface area contributed by atoms with Gasteiger partial charge in [0.25, 0.3) is 0 Å². The first-order chi connectivity index (χ1) is 15.2. The molecule has 0 amide bonds. The molecule has 0 radical (unpaired) electrons. The van der Waals surface area contributed by atoms with Crippen LogP contribution in [-0.4, -0.2) is 59.6 Å². The minimum Gasteiger partial charge on any atom is -0.394 e. The minimum absolute atomic E-state index is 0.144. The number of hydrogen-bond acceptors (Lipinski definition) is 5. The second kappa shape index (κ2) is 20.2. The van der Waals surface area contributed by atoms with Crippen LogP contribution in [0.3, 0.4) is 0 Å². The molecule has 1 heterocycles. The van der Waals surface area contributed by atoms with Crippen molar-refractivity contribution < 1.29 is 24.8 Å². The lowest BCUT2D eigenvalue weighted by molar-refractivity contribution is -0.0935. The van der Waals surface area contributed by atoms with E-state index < -0.39 is 24.4 Å². The Morgan fingerprint density at radius 2 is 1.35 bits per heavy atom. The first-order valence-corrected chi connectivity index (χ1v) is 13.1. The largest absolute Gasteiger partial charge is 0.394 e. The van der Waals surface area contributed by atoms with Crippen molar-refractivity contribution in [1.82, 2.24) is 0 Å². The molecule has 0 bridgehead atoms. The molecule has 0 aromatic heterocycles. The molecule has 0 aliphatic carbocycles. The van der Waals surface area contributed by atoms with E-state index in [1.165, 1.54) is 83.5 Å². The van der Waals surface area contributed by atoms with E-state index in [1.807, 2.05) is 0 Å². The summed E-state index contributed by atoms with van der Waals surface area (Å²) in [7, 11) is 0. The molecule has 1 saturated heterocycles. The zero-order valence-corrected chi connectivity index (χ0v) is 20.1. The second-order valence-electron chi connectivity index (χ2n) is 9.10.